The first-order valence-corrected chi connectivity index (χ1v) is 5.13. The summed E-state index contributed by atoms with van der Waals surface area (Å²) in [5.74, 6) is 0.623. The van der Waals surface area contributed by atoms with Gasteiger partial charge in [0.05, 0.1) is 0 Å². The fourth-order valence-corrected chi connectivity index (χ4v) is 2.02. The van der Waals surface area contributed by atoms with Gasteiger partial charge < -0.3 is 15.5 Å². The molecule has 4 heteroatoms. The molecule has 1 aliphatic rings. The monoisotopic (exact) mass is 198 g/mol. The van der Waals surface area contributed by atoms with E-state index in [4.69, 9.17) is 5.73 Å². The van der Waals surface area contributed by atoms with Crippen molar-refractivity contribution >= 4 is 5.96 Å². The van der Waals surface area contributed by atoms with Gasteiger partial charge in [-0.05, 0) is 33.4 Å². The van der Waals surface area contributed by atoms with Crippen LogP contribution in [0.1, 0.15) is 19.3 Å². The van der Waals surface area contributed by atoms with Crippen molar-refractivity contribution in [2.45, 2.75) is 24.8 Å². The smallest absolute Gasteiger partial charge is 0.190 e. The zero-order valence-corrected chi connectivity index (χ0v) is 9.75. The number of nitrogens with zero attached hydrogens (tertiary/aromatic N) is 3. The SMILES string of the molecule is CN=C(N)N(C)CC1(N(C)C)CCC1. The number of guanidine groups is 1. The van der Waals surface area contributed by atoms with Crippen molar-refractivity contribution in [3.63, 3.8) is 0 Å². The van der Waals surface area contributed by atoms with Crippen molar-refractivity contribution in [1.82, 2.24) is 9.80 Å². The summed E-state index contributed by atoms with van der Waals surface area (Å²) in [7, 11) is 8.03. The number of aliphatic imine (C=N–C) groups is 1. The second kappa shape index (κ2) is 4.17. The molecule has 1 rings (SSSR count). The molecular formula is C10H22N4. The van der Waals surface area contributed by atoms with Crippen molar-refractivity contribution in [2.75, 3.05) is 34.7 Å². The molecule has 0 atom stereocenters. The average molecular weight is 198 g/mol. The first-order valence-electron chi connectivity index (χ1n) is 5.13. The van der Waals surface area contributed by atoms with Crippen LogP contribution in [0.3, 0.4) is 0 Å². The van der Waals surface area contributed by atoms with Gasteiger partial charge in [0, 0.05) is 26.2 Å². The fraction of sp³-hybridized carbons (Fsp3) is 0.900. The Labute approximate surface area is 86.8 Å². The van der Waals surface area contributed by atoms with Gasteiger partial charge in [0.1, 0.15) is 0 Å². The van der Waals surface area contributed by atoms with Gasteiger partial charge in [-0.1, -0.05) is 0 Å². The fourth-order valence-electron chi connectivity index (χ4n) is 2.02. The molecule has 1 saturated carbocycles. The van der Waals surface area contributed by atoms with E-state index >= 15 is 0 Å². The molecule has 0 spiro atoms. The minimum atomic E-state index is 0.323. The number of nitrogens with two attached hydrogens (primary N) is 1. The Morgan fingerprint density at radius 3 is 2.21 bits per heavy atom. The molecule has 0 aliphatic heterocycles. The van der Waals surface area contributed by atoms with Gasteiger partial charge in [-0.15, -0.1) is 0 Å². The molecule has 0 aromatic heterocycles. The maximum absolute atomic E-state index is 5.76. The molecule has 2 N–H and O–H groups in total. The van der Waals surface area contributed by atoms with Gasteiger partial charge in [-0.25, -0.2) is 0 Å². The van der Waals surface area contributed by atoms with Gasteiger partial charge in [0.2, 0.25) is 0 Å². The topological polar surface area (TPSA) is 44.9 Å². The molecule has 0 amide bonds. The van der Waals surface area contributed by atoms with Crippen LogP contribution in [-0.2, 0) is 0 Å². The Morgan fingerprint density at radius 1 is 1.36 bits per heavy atom. The van der Waals surface area contributed by atoms with Crippen molar-refractivity contribution in [3.05, 3.63) is 0 Å². The Balaban J connectivity index is 2.57. The van der Waals surface area contributed by atoms with Crippen LogP contribution in [0.2, 0.25) is 0 Å². The Morgan fingerprint density at radius 2 is 1.93 bits per heavy atom. The standard InChI is InChI=1S/C10H22N4/c1-12-9(11)14(4)8-10(13(2)3)6-5-7-10/h5-8H2,1-4H3,(H2,11,12). The molecule has 1 aliphatic carbocycles. The van der Waals surface area contributed by atoms with E-state index in [-0.39, 0.29) is 0 Å². The molecule has 0 bridgehead atoms. The van der Waals surface area contributed by atoms with E-state index in [0.29, 0.717) is 11.5 Å². The maximum atomic E-state index is 5.76. The van der Waals surface area contributed by atoms with E-state index in [1.54, 1.807) is 7.05 Å². The normalized spacial score (nSPS) is 20.8. The number of rotatable bonds is 3. The van der Waals surface area contributed by atoms with Crippen LogP contribution in [-0.4, -0.2) is 56.0 Å². The summed E-state index contributed by atoms with van der Waals surface area (Å²) in [6, 6.07) is 0. The van der Waals surface area contributed by atoms with Crippen molar-refractivity contribution in [1.29, 1.82) is 0 Å². The van der Waals surface area contributed by atoms with Crippen LogP contribution in [0.25, 0.3) is 0 Å². The molecule has 1 fully saturated rings. The molecule has 0 unspecified atom stereocenters. The molecule has 4 nitrogen and oxygen atoms in total. The number of hydrogen-bond acceptors (Lipinski definition) is 2. The lowest BCUT2D eigenvalue weighted by Gasteiger charge is -2.49. The van der Waals surface area contributed by atoms with Crippen molar-refractivity contribution in [2.24, 2.45) is 10.7 Å². The van der Waals surface area contributed by atoms with Gasteiger partial charge in [-0.2, -0.15) is 0 Å². The minimum Gasteiger partial charge on any atom is -0.370 e. The second-order valence-electron chi connectivity index (χ2n) is 4.41. The van der Waals surface area contributed by atoms with Crippen LogP contribution in [0.4, 0.5) is 0 Å². The van der Waals surface area contributed by atoms with Gasteiger partial charge in [0.15, 0.2) is 5.96 Å². The molecule has 14 heavy (non-hydrogen) atoms. The van der Waals surface area contributed by atoms with Crippen LogP contribution >= 0.6 is 0 Å². The number of likely N-dealkylation sites (N-methyl/N-ethyl adjacent to an activating group) is 2. The first kappa shape index (κ1) is 11.3. The van der Waals surface area contributed by atoms with E-state index in [0.717, 1.165) is 6.54 Å². The lowest BCUT2D eigenvalue weighted by Crippen LogP contribution is -2.58. The molecule has 0 aromatic carbocycles. The van der Waals surface area contributed by atoms with Crippen molar-refractivity contribution < 1.29 is 0 Å². The van der Waals surface area contributed by atoms with Crippen molar-refractivity contribution in [3.8, 4) is 0 Å². The quantitative estimate of drug-likeness (QED) is 0.525. The highest BCUT2D eigenvalue weighted by atomic mass is 15.3. The Hall–Kier alpha value is -0.770. The number of hydrogen-bond donors (Lipinski definition) is 1. The summed E-state index contributed by atoms with van der Waals surface area (Å²) < 4.78 is 0. The highest BCUT2D eigenvalue weighted by Crippen LogP contribution is 2.36. The third-order valence-electron chi connectivity index (χ3n) is 3.38. The second-order valence-corrected chi connectivity index (χ2v) is 4.41. The van der Waals surface area contributed by atoms with Gasteiger partial charge >= 0.3 is 0 Å². The van der Waals surface area contributed by atoms with Crippen LogP contribution < -0.4 is 5.73 Å². The minimum absolute atomic E-state index is 0.323. The molecule has 82 valence electrons. The largest absolute Gasteiger partial charge is 0.370 e. The van der Waals surface area contributed by atoms with E-state index in [2.05, 4.69) is 24.0 Å². The summed E-state index contributed by atoms with van der Waals surface area (Å²) in [4.78, 5) is 8.35. The summed E-state index contributed by atoms with van der Waals surface area (Å²) in [6.07, 6.45) is 3.86. The lowest BCUT2D eigenvalue weighted by molar-refractivity contribution is 0.0428. The molecule has 0 radical (unpaired) electrons. The molecule has 0 aromatic rings. The molecule has 0 heterocycles. The Kier molecular flexibility index (Phi) is 3.37. The van der Waals surface area contributed by atoms with Gasteiger partial charge in [-0.3, -0.25) is 4.99 Å². The maximum Gasteiger partial charge on any atom is 0.190 e. The van der Waals surface area contributed by atoms with E-state index in [9.17, 15) is 0 Å². The van der Waals surface area contributed by atoms with E-state index in [1.165, 1.54) is 19.3 Å². The first-order chi connectivity index (χ1) is 6.52. The Bertz CT molecular complexity index is 218. The zero-order valence-electron chi connectivity index (χ0n) is 9.75. The predicted octanol–water partition coefficient (Wildman–Crippen LogP) is 0.347. The summed E-state index contributed by atoms with van der Waals surface area (Å²) in [5, 5.41) is 0. The van der Waals surface area contributed by atoms with Crippen LogP contribution in [0.15, 0.2) is 4.99 Å². The predicted molar refractivity (Wildman–Crippen MR) is 60.4 cm³/mol. The summed E-state index contributed by atoms with van der Waals surface area (Å²) in [5.41, 5.74) is 6.08. The average Bonchev–Trinajstić information content (AvgIpc) is 2.08. The molecule has 0 saturated heterocycles. The zero-order chi connectivity index (χ0) is 10.8. The third-order valence-corrected chi connectivity index (χ3v) is 3.38. The van der Waals surface area contributed by atoms with Gasteiger partial charge in [0.25, 0.3) is 0 Å². The highest BCUT2D eigenvalue weighted by molar-refractivity contribution is 5.77. The highest BCUT2D eigenvalue weighted by Gasteiger charge is 2.40. The molecular weight excluding hydrogens is 176 g/mol. The summed E-state index contributed by atoms with van der Waals surface area (Å²) in [6.45, 7) is 0.975. The van der Waals surface area contributed by atoms with Crippen LogP contribution in [0.5, 0.6) is 0 Å². The van der Waals surface area contributed by atoms with E-state index < -0.39 is 0 Å². The summed E-state index contributed by atoms with van der Waals surface area (Å²) >= 11 is 0. The third kappa shape index (κ3) is 2.00. The van der Waals surface area contributed by atoms with E-state index in [1.807, 2.05) is 11.9 Å². The lowest BCUT2D eigenvalue weighted by atomic mass is 9.75. The van der Waals surface area contributed by atoms with Crippen LogP contribution in [0, 0.1) is 0 Å².